The minimum Gasteiger partial charge on any atom is -0.452 e. The van der Waals surface area contributed by atoms with Crippen LogP contribution in [0.2, 0.25) is 0 Å². The molecule has 9 aromatic carbocycles. The van der Waals surface area contributed by atoms with Crippen LogP contribution < -0.4 is 0 Å². The molecule has 14 aromatic rings. The van der Waals surface area contributed by atoms with Crippen molar-refractivity contribution in [2.45, 2.75) is 0 Å². The molecule has 0 unspecified atom stereocenters. The molecule has 0 bridgehead atoms. The standard InChI is InChI=1S/C58H35N5O/c1-2-12-39(13-3-1)61-51-20-10-6-16-44(51)46-32-37(24-29-53(46)61)38-25-30-54-47(33-38)45-17-7-11-21-52(45)62(54)40-26-22-36(23-27-40)56-58-57(60-35-59-56)48-34-41(28-31-55(48)64-58)63-49-18-8-4-14-42(49)43-15-5-9-19-50(43)63/h1-35H. The highest BCUT2D eigenvalue weighted by Gasteiger charge is 2.20. The molecular weight excluding hydrogens is 783 g/mol. The molecule has 5 aromatic heterocycles. The van der Waals surface area contributed by atoms with E-state index in [0.29, 0.717) is 5.58 Å². The van der Waals surface area contributed by atoms with Gasteiger partial charge >= 0.3 is 0 Å². The first-order chi connectivity index (χ1) is 31.7. The maximum atomic E-state index is 6.58. The van der Waals surface area contributed by atoms with Crippen molar-refractivity contribution < 1.29 is 4.42 Å². The Balaban J connectivity index is 0.852. The summed E-state index contributed by atoms with van der Waals surface area (Å²) >= 11 is 0. The van der Waals surface area contributed by atoms with Gasteiger partial charge in [-0.1, -0.05) is 115 Å². The van der Waals surface area contributed by atoms with E-state index in [-0.39, 0.29) is 0 Å². The van der Waals surface area contributed by atoms with Gasteiger partial charge < -0.3 is 18.1 Å². The van der Waals surface area contributed by atoms with Crippen LogP contribution in [0.3, 0.4) is 0 Å². The fourth-order valence-corrected chi connectivity index (χ4v) is 10.3. The number of fused-ring (bicyclic) bond motifs is 12. The molecule has 0 spiro atoms. The van der Waals surface area contributed by atoms with E-state index in [1.165, 1.54) is 54.5 Å². The third kappa shape index (κ3) is 5.02. The number of rotatable bonds is 5. The molecule has 14 rings (SSSR count). The second-order valence-electron chi connectivity index (χ2n) is 16.6. The minimum absolute atomic E-state index is 0.678. The van der Waals surface area contributed by atoms with Crippen LogP contribution >= 0.6 is 0 Å². The highest BCUT2D eigenvalue weighted by atomic mass is 16.3. The molecule has 0 N–H and O–H groups in total. The Morgan fingerprint density at radius 3 is 1.31 bits per heavy atom. The monoisotopic (exact) mass is 817 g/mol. The van der Waals surface area contributed by atoms with Gasteiger partial charge in [0, 0.05) is 60.3 Å². The van der Waals surface area contributed by atoms with Gasteiger partial charge in [0.15, 0.2) is 5.58 Å². The van der Waals surface area contributed by atoms with E-state index in [1.807, 2.05) is 0 Å². The molecule has 0 aliphatic rings. The lowest BCUT2D eigenvalue weighted by molar-refractivity contribution is 0.667. The molecule has 6 heteroatoms. The van der Waals surface area contributed by atoms with Crippen LogP contribution in [0, 0.1) is 0 Å². The van der Waals surface area contributed by atoms with Crippen LogP contribution in [-0.4, -0.2) is 23.7 Å². The first-order valence-electron chi connectivity index (χ1n) is 21.6. The summed E-state index contributed by atoms with van der Waals surface area (Å²) in [5.41, 5.74) is 16.7. The Hall–Kier alpha value is -8.74. The van der Waals surface area contributed by atoms with Gasteiger partial charge in [0.1, 0.15) is 23.1 Å². The van der Waals surface area contributed by atoms with Crippen LogP contribution in [0.4, 0.5) is 0 Å². The molecule has 0 amide bonds. The van der Waals surface area contributed by atoms with Crippen LogP contribution in [0.15, 0.2) is 217 Å². The van der Waals surface area contributed by atoms with Crippen molar-refractivity contribution in [1.82, 2.24) is 23.7 Å². The summed E-state index contributed by atoms with van der Waals surface area (Å²) in [7, 11) is 0. The number of benzene rings is 9. The van der Waals surface area contributed by atoms with Gasteiger partial charge in [0.25, 0.3) is 0 Å². The van der Waals surface area contributed by atoms with Crippen LogP contribution in [0.1, 0.15) is 0 Å². The van der Waals surface area contributed by atoms with Gasteiger partial charge in [0.2, 0.25) is 0 Å². The molecule has 0 saturated carbocycles. The summed E-state index contributed by atoms with van der Waals surface area (Å²) < 4.78 is 13.6. The second kappa shape index (κ2) is 13.4. The van der Waals surface area contributed by atoms with E-state index in [0.717, 1.165) is 66.9 Å². The maximum absolute atomic E-state index is 6.58. The van der Waals surface area contributed by atoms with Crippen molar-refractivity contribution in [2.24, 2.45) is 0 Å². The number of furan rings is 1. The molecule has 0 saturated heterocycles. The largest absolute Gasteiger partial charge is 0.452 e. The van der Waals surface area contributed by atoms with Crippen LogP contribution in [0.5, 0.6) is 0 Å². The van der Waals surface area contributed by atoms with E-state index < -0.39 is 0 Å². The van der Waals surface area contributed by atoms with Gasteiger partial charge in [-0.15, -0.1) is 0 Å². The smallest absolute Gasteiger partial charge is 0.180 e. The zero-order valence-corrected chi connectivity index (χ0v) is 34.4. The number of hydrogen-bond donors (Lipinski definition) is 0. The molecule has 6 nitrogen and oxygen atoms in total. The zero-order valence-electron chi connectivity index (χ0n) is 34.4. The second-order valence-corrected chi connectivity index (χ2v) is 16.6. The summed E-state index contributed by atoms with van der Waals surface area (Å²) in [6.45, 7) is 0. The average molecular weight is 818 g/mol. The molecular formula is C58H35N5O. The summed E-state index contributed by atoms with van der Waals surface area (Å²) in [5, 5.41) is 8.33. The SMILES string of the molecule is c1ccc(-n2c3ccccc3c3cc(-c4ccc5c(c4)c4ccccc4n5-c4ccc(-c5ncnc6c5oc5ccc(-n7c8ccccc8c8ccccc87)cc56)cc4)ccc32)cc1. The van der Waals surface area contributed by atoms with Crippen molar-refractivity contribution in [1.29, 1.82) is 0 Å². The van der Waals surface area contributed by atoms with Crippen LogP contribution in [-0.2, 0) is 0 Å². The van der Waals surface area contributed by atoms with Crippen molar-refractivity contribution in [2.75, 3.05) is 0 Å². The Labute approximate surface area is 366 Å². The molecule has 0 radical (unpaired) electrons. The quantitative estimate of drug-likeness (QED) is 0.174. The van der Waals surface area contributed by atoms with Gasteiger partial charge in [-0.3, -0.25) is 0 Å². The predicted molar refractivity (Wildman–Crippen MR) is 263 cm³/mol. The molecule has 5 heterocycles. The minimum atomic E-state index is 0.678. The fourth-order valence-electron chi connectivity index (χ4n) is 10.3. The van der Waals surface area contributed by atoms with E-state index >= 15 is 0 Å². The third-order valence-electron chi connectivity index (χ3n) is 13.2. The summed E-state index contributed by atoms with van der Waals surface area (Å²) in [5.74, 6) is 0. The van der Waals surface area contributed by atoms with E-state index in [2.05, 4.69) is 220 Å². The average Bonchev–Trinajstić information content (AvgIpc) is 4.10. The molecule has 64 heavy (non-hydrogen) atoms. The Kier molecular flexibility index (Phi) is 7.30. The van der Waals surface area contributed by atoms with Crippen LogP contribution in [0.25, 0.3) is 127 Å². The topological polar surface area (TPSA) is 53.7 Å². The Morgan fingerprint density at radius 1 is 0.312 bits per heavy atom. The van der Waals surface area contributed by atoms with E-state index in [1.54, 1.807) is 6.33 Å². The first kappa shape index (κ1) is 34.9. The number of nitrogens with zero attached hydrogens (tertiary/aromatic N) is 5. The van der Waals surface area contributed by atoms with Crippen molar-refractivity contribution in [3.63, 3.8) is 0 Å². The maximum Gasteiger partial charge on any atom is 0.180 e. The molecule has 0 atom stereocenters. The molecule has 0 aliphatic heterocycles. The lowest BCUT2D eigenvalue weighted by Crippen LogP contribution is -1.94. The molecule has 0 fully saturated rings. The molecule has 0 aliphatic carbocycles. The van der Waals surface area contributed by atoms with Crippen molar-refractivity contribution >= 4 is 87.5 Å². The number of aromatic nitrogens is 5. The molecule has 298 valence electrons. The van der Waals surface area contributed by atoms with E-state index in [9.17, 15) is 0 Å². The van der Waals surface area contributed by atoms with Crippen molar-refractivity contribution in [3.8, 4) is 39.4 Å². The lowest BCUT2D eigenvalue weighted by atomic mass is 10.0. The predicted octanol–water partition coefficient (Wildman–Crippen LogP) is 15.0. The summed E-state index contributed by atoms with van der Waals surface area (Å²) in [6, 6.07) is 74.0. The Morgan fingerprint density at radius 2 is 0.750 bits per heavy atom. The highest BCUT2D eigenvalue weighted by molar-refractivity contribution is 6.14. The van der Waals surface area contributed by atoms with Gasteiger partial charge in [-0.25, -0.2) is 9.97 Å². The first-order valence-corrected chi connectivity index (χ1v) is 21.6. The number of hydrogen-bond acceptors (Lipinski definition) is 3. The van der Waals surface area contributed by atoms with Gasteiger partial charge in [0.05, 0.1) is 33.1 Å². The number of para-hydroxylation sites is 5. The summed E-state index contributed by atoms with van der Waals surface area (Å²) in [6.07, 6.45) is 1.65. The Bertz CT molecular complexity index is 4130. The van der Waals surface area contributed by atoms with Gasteiger partial charge in [-0.2, -0.15) is 0 Å². The third-order valence-corrected chi connectivity index (χ3v) is 13.2. The zero-order chi connectivity index (χ0) is 41.9. The fraction of sp³-hybridized carbons (Fsp3) is 0. The highest BCUT2D eigenvalue weighted by Crippen LogP contribution is 2.40. The van der Waals surface area contributed by atoms with Gasteiger partial charge in [-0.05, 0) is 102 Å². The summed E-state index contributed by atoms with van der Waals surface area (Å²) in [4.78, 5) is 9.57. The van der Waals surface area contributed by atoms with Crippen molar-refractivity contribution in [3.05, 3.63) is 213 Å². The lowest BCUT2D eigenvalue weighted by Gasteiger charge is -2.10. The van der Waals surface area contributed by atoms with E-state index in [4.69, 9.17) is 14.4 Å². The normalized spacial score (nSPS) is 12.1.